The van der Waals surface area contributed by atoms with Gasteiger partial charge in [0.05, 0.1) is 6.42 Å². The van der Waals surface area contributed by atoms with Crippen LogP contribution in [0.3, 0.4) is 0 Å². The zero-order chi connectivity index (χ0) is 13.0. The molecule has 18 heavy (non-hydrogen) atoms. The van der Waals surface area contributed by atoms with Gasteiger partial charge < -0.3 is 14.9 Å². The first-order chi connectivity index (χ1) is 8.70. The molecule has 1 heterocycles. The molecule has 0 atom stereocenters. The van der Waals surface area contributed by atoms with Crippen LogP contribution in [0.25, 0.3) is 0 Å². The summed E-state index contributed by atoms with van der Waals surface area (Å²) in [6, 6.07) is 7.04. The van der Waals surface area contributed by atoms with E-state index < -0.39 is 0 Å². The number of amides is 1. The van der Waals surface area contributed by atoms with E-state index in [1.807, 2.05) is 11.0 Å². The van der Waals surface area contributed by atoms with Gasteiger partial charge in [-0.05, 0) is 12.6 Å². The van der Waals surface area contributed by atoms with E-state index in [9.17, 15) is 9.90 Å². The monoisotopic (exact) mass is 248 g/mol. The van der Waals surface area contributed by atoms with Gasteiger partial charge in [0.1, 0.15) is 5.75 Å². The molecule has 98 valence electrons. The van der Waals surface area contributed by atoms with Crippen molar-refractivity contribution in [3.8, 4) is 5.75 Å². The van der Waals surface area contributed by atoms with E-state index in [4.69, 9.17) is 0 Å². The average Bonchev–Trinajstić information content (AvgIpc) is 2.41. The van der Waals surface area contributed by atoms with Gasteiger partial charge in [-0.2, -0.15) is 0 Å². The molecule has 1 N–H and O–H groups in total. The van der Waals surface area contributed by atoms with E-state index in [2.05, 4.69) is 11.8 Å². The Morgan fingerprint density at radius 1 is 1.22 bits per heavy atom. The number of hydrogen-bond acceptors (Lipinski definition) is 3. The molecule has 0 bridgehead atoms. The van der Waals surface area contributed by atoms with Crippen LogP contribution in [-0.4, -0.2) is 53.5 Å². The third-order valence-electron chi connectivity index (χ3n) is 3.51. The third-order valence-corrected chi connectivity index (χ3v) is 3.51. The molecule has 0 spiro atoms. The summed E-state index contributed by atoms with van der Waals surface area (Å²) in [7, 11) is 0. The highest BCUT2D eigenvalue weighted by Gasteiger charge is 2.20. The van der Waals surface area contributed by atoms with Crippen LogP contribution < -0.4 is 0 Å². The Bertz CT molecular complexity index is 412. The van der Waals surface area contributed by atoms with Crippen LogP contribution in [0, 0.1) is 0 Å². The van der Waals surface area contributed by atoms with Gasteiger partial charge in [0.25, 0.3) is 0 Å². The van der Waals surface area contributed by atoms with Crippen molar-refractivity contribution >= 4 is 5.91 Å². The fourth-order valence-electron chi connectivity index (χ4n) is 2.25. The minimum atomic E-state index is 0.104. The van der Waals surface area contributed by atoms with Gasteiger partial charge in [0.2, 0.25) is 5.91 Å². The number of piperazine rings is 1. The molecule has 1 amide bonds. The number of carbonyl (C=O) groups is 1. The Kier molecular flexibility index (Phi) is 4.20. The van der Waals surface area contributed by atoms with Crippen molar-refractivity contribution in [1.29, 1.82) is 0 Å². The van der Waals surface area contributed by atoms with Crippen LogP contribution in [-0.2, 0) is 11.2 Å². The molecule has 2 rings (SSSR count). The molecule has 0 radical (unpaired) electrons. The Hall–Kier alpha value is -1.55. The summed E-state index contributed by atoms with van der Waals surface area (Å²) >= 11 is 0. The summed E-state index contributed by atoms with van der Waals surface area (Å²) in [6.45, 7) is 6.66. The van der Waals surface area contributed by atoms with E-state index in [-0.39, 0.29) is 11.7 Å². The van der Waals surface area contributed by atoms with Gasteiger partial charge in [0.15, 0.2) is 0 Å². The van der Waals surface area contributed by atoms with E-state index in [0.29, 0.717) is 12.0 Å². The van der Waals surface area contributed by atoms with Crippen LogP contribution in [0.2, 0.25) is 0 Å². The van der Waals surface area contributed by atoms with Gasteiger partial charge in [-0.1, -0.05) is 25.1 Å². The van der Waals surface area contributed by atoms with Crippen LogP contribution in [0.1, 0.15) is 12.5 Å². The molecule has 1 aromatic rings. The number of phenolic OH excluding ortho intramolecular Hbond substituents is 1. The number of nitrogens with zero attached hydrogens (tertiary/aromatic N) is 2. The summed E-state index contributed by atoms with van der Waals surface area (Å²) in [5.41, 5.74) is 0.709. The van der Waals surface area contributed by atoms with Gasteiger partial charge in [-0.3, -0.25) is 4.79 Å². The maximum absolute atomic E-state index is 12.1. The van der Waals surface area contributed by atoms with E-state index in [1.54, 1.807) is 18.2 Å². The standard InChI is InChI=1S/C14H20N2O2/c1-2-15-7-9-16(10-8-15)14(18)11-12-5-3-4-6-13(12)17/h3-6,17H,2,7-11H2,1H3. The van der Waals surface area contributed by atoms with Crippen molar-refractivity contribution in [1.82, 2.24) is 9.80 Å². The second-order valence-corrected chi connectivity index (χ2v) is 4.62. The quantitative estimate of drug-likeness (QED) is 0.871. The van der Waals surface area contributed by atoms with Crippen LogP contribution in [0.5, 0.6) is 5.75 Å². The number of phenols is 1. The topological polar surface area (TPSA) is 43.8 Å². The summed E-state index contributed by atoms with van der Waals surface area (Å²) < 4.78 is 0. The first-order valence-electron chi connectivity index (χ1n) is 6.47. The second-order valence-electron chi connectivity index (χ2n) is 4.62. The summed E-state index contributed by atoms with van der Waals surface area (Å²) in [6.07, 6.45) is 0.290. The lowest BCUT2D eigenvalue weighted by molar-refractivity contribution is -0.132. The highest BCUT2D eigenvalue weighted by Crippen LogP contribution is 2.17. The zero-order valence-corrected chi connectivity index (χ0v) is 10.8. The number of benzene rings is 1. The van der Waals surface area contributed by atoms with Crippen molar-refractivity contribution in [2.24, 2.45) is 0 Å². The molecule has 1 saturated heterocycles. The number of hydrogen-bond donors (Lipinski definition) is 1. The third kappa shape index (κ3) is 3.01. The Balaban J connectivity index is 1.91. The number of aromatic hydroxyl groups is 1. The smallest absolute Gasteiger partial charge is 0.227 e. The van der Waals surface area contributed by atoms with Crippen molar-refractivity contribution in [3.63, 3.8) is 0 Å². The van der Waals surface area contributed by atoms with Crippen molar-refractivity contribution in [2.45, 2.75) is 13.3 Å². The van der Waals surface area contributed by atoms with Crippen LogP contribution in [0.4, 0.5) is 0 Å². The highest BCUT2D eigenvalue weighted by molar-refractivity contribution is 5.79. The lowest BCUT2D eigenvalue weighted by Gasteiger charge is -2.34. The Morgan fingerprint density at radius 2 is 1.89 bits per heavy atom. The molecule has 0 aromatic heterocycles. The van der Waals surface area contributed by atoms with Gasteiger partial charge in [-0.15, -0.1) is 0 Å². The molecule has 0 saturated carbocycles. The SMILES string of the molecule is CCN1CCN(C(=O)Cc2ccccc2O)CC1. The molecule has 1 fully saturated rings. The predicted octanol–water partition coefficient (Wildman–Crippen LogP) is 1.10. The minimum absolute atomic E-state index is 0.104. The zero-order valence-electron chi connectivity index (χ0n) is 10.8. The summed E-state index contributed by atoms with van der Waals surface area (Å²) in [4.78, 5) is 16.3. The Morgan fingerprint density at radius 3 is 2.50 bits per heavy atom. The molecular formula is C14H20N2O2. The second kappa shape index (κ2) is 5.87. The molecule has 4 nitrogen and oxygen atoms in total. The molecular weight excluding hydrogens is 228 g/mol. The molecule has 1 aliphatic rings. The number of para-hydroxylation sites is 1. The summed E-state index contributed by atoms with van der Waals surface area (Å²) in [5, 5.41) is 9.66. The van der Waals surface area contributed by atoms with Crippen molar-refractivity contribution in [3.05, 3.63) is 29.8 Å². The van der Waals surface area contributed by atoms with Gasteiger partial charge >= 0.3 is 0 Å². The van der Waals surface area contributed by atoms with E-state index in [0.717, 1.165) is 32.7 Å². The van der Waals surface area contributed by atoms with E-state index >= 15 is 0 Å². The number of rotatable bonds is 3. The van der Waals surface area contributed by atoms with Crippen LogP contribution >= 0.6 is 0 Å². The molecule has 1 aliphatic heterocycles. The number of carbonyl (C=O) groups excluding carboxylic acids is 1. The lowest BCUT2D eigenvalue weighted by Crippen LogP contribution is -2.48. The molecule has 4 heteroatoms. The summed E-state index contributed by atoms with van der Waals surface area (Å²) in [5.74, 6) is 0.310. The minimum Gasteiger partial charge on any atom is -0.508 e. The van der Waals surface area contributed by atoms with Gasteiger partial charge in [-0.25, -0.2) is 0 Å². The maximum Gasteiger partial charge on any atom is 0.227 e. The maximum atomic E-state index is 12.1. The normalized spacial score (nSPS) is 16.8. The fraction of sp³-hybridized carbons (Fsp3) is 0.500. The fourth-order valence-corrected chi connectivity index (χ4v) is 2.25. The molecule has 0 aliphatic carbocycles. The van der Waals surface area contributed by atoms with Crippen molar-refractivity contribution in [2.75, 3.05) is 32.7 Å². The van der Waals surface area contributed by atoms with Gasteiger partial charge in [0, 0.05) is 31.7 Å². The largest absolute Gasteiger partial charge is 0.508 e. The first kappa shape index (κ1) is 12.9. The lowest BCUT2D eigenvalue weighted by atomic mass is 10.1. The number of likely N-dealkylation sites (N-methyl/N-ethyl adjacent to an activating group) is 1. The molecule has 0 unspecified atom stereocenters. The first-order valence-corrected chi connectivity index (χ1v) is 6.47. The predicted molar refractivity (Wildman–Crippen MR) is 70.5 cm³/mol. The Labute approximate surface area is 108 Å². The highest BCUT2D eigenvalue weighted by atomic mass is 16.3. The van der Waals surface area contributed by atoms with E-state index in [1.165, 1.54) is 0 Å². The molecule has 1 aromatic carbocycles. The average molecular weight is 248 g/mol. The van der Waals surface area contributed by atoms with Crippen LogP contribution in [0.15, 0.2) is 24.3 Å². The van der Waals surface area contributed by atoms with Crippen molar-refractivity contribution < 1.29 is 9.90 Å².